The molecule has 0 amide bonds. The number of hydrogen-bond acceptors (Lipinski definition) is 3. The number of likely N-dealkylation sites (tertiary alicyclic amines) is 1. The van der Waals surface area contributed by atoms with Crippen molar-refractivity contribution in [2.24, 2.45) is 5.92 Å². The zero-order valence-corrected chi connectivity index (χ0v) is 12.8. The molecule has 1 saturated heterocycles. The molecule has 0 aliphatic carbocycles. The fraction of sp³-hybridized carbons (Fsp3) is 0.529. The van der Waals surface area contributed by atoms with Crippen molar-refractivity contribution < 1.29 is 14.7 Å². The lowest BCUT2D eigenvalue weighted by Crippen LogP contribution is -2.39. The Morgan fingerprint density at radius 1 is 1.33 bits per heavy atom. The van der Waals surface area contributed by atoms with Crippen molar-refractivity contribution in [2.45, 2.75) is 33.1 Å². The predicted molar refractivity (Wildman–Crippen MR) is 81.7 cm³/mol. The van der Waals surface area contributed by atoms with Gasteiger partial charge in [-0.15, -0.1) is 0 Å². The first-order valence-corrected chi connectivity index (χ1v) is 7.53. The minimum atomic E-state index is -0.722. The third kappa shape index (κ3) is 4.14. The van der Waals surface area contributed by atoms with Crippen LogP contribution in [-0.2, 0) is 4.79 Å². The van der Waals surface area contributed by atoms with E-state index in [0.717, 1.165) is 36.1 Å². The number of Topliss-reactive ketones (excluding diaryl/α,β-unsaturated/α-hetero) is 1. The van der Waals surface area contributed by atoms with Gasteiger partial charge in [0.15, 0.2) is 5.78 Å². The van der Waals surface area contributed by atoms with Crippen LogP contribution >= 0.6 is 0 Å². The summed E-state index contributed by atoms with van der Waals surface area (Å²) in [5, 5.41) is 9.08. The summed E-state index contributed by atoms with van der Waals surface area (Å²) in [7, 11) is 0. The molecule has 1 N–H and O–H groups in total. The third-order valence-electron chi connectivity index (χ3n) is 4.20. The van der Waals surface area contributed by atoms with E-state index in [1.54, 1.807) is 0 Å². The highest BCUT2D eigenvalue weighted by molar-refractivity contribution is 5.97. The van der Waals surface area contributed by atoms with Crippen molar-refractivity contribution in [3.63, 3.8) is 0 Å². The van der Waals surface area contributed by atoms with Crippen molar-refractivity contribution in [3.05, 3.63) is 34.9 Å². The van der Waals surface area contributed by atoms with Gasteiger partial charge in [-0.25, -0.2) is 0 Å². The Labute approximate surface area is 125 Å². The number of rotatable bonds is 5. The molecular weight excluding hydrogens is 266 g/mol. The van der Waals surface area contributed by atoms with Gasteiger partial charge < -0.3 is 10.0 Å². The number of carboxylic acid groups (broad SMARTS) is 1. The van der Waals surface area contributed by atoms with Crippen LogP contribution in [0, 0.1) is 19.8 Å². The van der Waals surface area contributed by atoms with Gasteiger partial charge in [-0.2, -0.15) is 0 Å². The molecule has 21 heavy (non-hydrogen) atoms. The van der Waals surface area contributed by atoms with Gasteiger partial charge in [0.25, 0.3) is 0 Å². The maximum absolute atomic E-state index is 12.3. The van der Waals surface area contributed by atoms with E-state index in [1.165, 1.54) is 0 Å². The summed E-state index contributed by atoms with van der Waals surface area (Å²) in [6, 6.07) is 5.92. The number of carbonyl (C=O) groups is 2. The van der Waals surface area contributed by atoms with Crippen LogP contribution in [-0.4, -0.2) is 41.4 Å². The quantitative estimate of drug-likeness (QED) is 0.847. The molecule has 0 aromatic heterocycles. The van der Waals surface area contributed by atoms with Gasteiger partial charge in [0.05, 0.1) is 5.92 Å². The van der Waals surface area contributed by atoms with Crippen molar-refractivity contribution in [3.8, 4) is 0 Å². The highest BCUT2D eigenvalue weighted by atomic mass is 16.4. The summed E-state index contributed by atoms with van der Waals surface area (Å²) < 4.78 is 0. The lowest BCUT2D eigenvalue weighted by atomic mass is 9.97. The zero-order valence-electron chi connectivity index (χ0n) is 12.8. The average Bonchev–Trinajstić information content (AvgIpc) is 2.47. The van der Waals surface area contributed by atoms with Crippen LogP contribution in [0.25, 0.3) is 0 Å². The van der Waals surface area contributed by atoms with Crippen LogP contribution in [0.1, 0.15) is 40.7 Å². The topological polar surface area (TPSA) is 57.6 Å². The molecule has 1 heterocycles. The number of hydrogen-bond donors (Lipinski definition) is 1. The summed E-state index contributed by atoms with van der Waals surface area (Å²) in [6.07, 6.45) is 2.10. The first-order valence-electron chi connectivity index (χ1n) is 7.53. The molecule has 1 atom stereocenters. The molecule has 4 heteroatoms. The molecule has 0 spiro atoms. The molecule has 4 nitrogen and oxygen atoms in total. The van der Waals surface area contributed by atoms with Crippen LogP contribution in [0.15, 0.2) is 18.2 Å². The number of ketones is 1. The number of carbonyl (C=O) groups excluding carboxylic acids is 1. The van der Waals surface area contributed by atoms with Crippen LogP contribution in [0.3, 0.4) is 0 Å². The van der Waals surface area contributed by atoms with Crippen LogP contribution < -0.4 is 0 Å². The first-order chi connectivity index (χ1) is 9.97. The Morgan fingerprint density at radius 2 is 2.10 bits per heavy atom. The Balaban J connectivity index is 1.92. The van der Waals surface area contributed by atoms with Gasteiger partial charge in [0, 0.05) is 25.1 Å². The van der Waals surface area contributed by atoms with E-state index in [1.807, 2.05) is 32.0 Å². The molecule has 2 rings (SSSR count). The Kier molecular flexibility index (Phi) is 5.12. The molecule has 114 valence electrons. The Morgan fingerprint density at radius 3 is 2.81 bits per heavy atom. The molecule has 1 aromatic rings. The third-order valence-corrected chi connectivity index (χ3v) is 4.20. The molecule has 1 aromatic carbocycles. The summed E-state index contributed by atoms with van der Waals surface area (Å²) in [4.78, 5) is 25.5. The summed E-state index contributed by atoms with van der Waals surface area (Å²) in [5.74, 6) is -0.858. The van der Waals surface area contributed by atoms with Gasteiger partial charge >= 0.3 is 5.97 Å². The molecular formula is C17H23NO3. The number of nitrogens with zero attached hydrogens (tertiary/aromatic N) is 1. The summed E-state index contributed by atoms with van der Waals surface area (Å²) in [6.45, 7) is 6.04. The molecule has 1 fully saturated rings. The smallest absolute Gasteiger partial charge is 0.307 e. The highest BCUT2D eigenvalue weighted by Crippen LogP contribution is 2.18. The molecule has 1 aliphatic heterocycles. The number of piperidine rings is 1. The lowest BCUT2D eigenvalue weighted by molar-refractivity contribution is -0.143. The lowest BCUT2D eigenvalue weighted by Gasteiger charge is -2.30. The monoisotopic (exact) mass is 289 g/mol. The maximum Gasteiger partial charge on any atom is 0.307 e. The second-order valence-electron chi connectivity index (χ2n) is 5.97. The minimum absolute atomic E-state index is 0.147. The summed E-state index contributed by atoms with van der Waals surface area (Å²) in [5.41, 5.74) is 2.89. The van der Waals surface area contributed by atoms with Crippen molar-refractivity contribution in [1.82, 2.24) is 4.90 Å². The number of aliphatic carboxylic acids is 1. The van der Waals surface area contributed by atoms with Crippen molar-refractivity contribution >= 4 is 11.8 Å². The fourth-order valence-electron chi connectivity index (χ4n) is 2.89. The second kappa shape index (κ2) is 6.85. The normalized spacial score (nSPS) is 19.4. The Hall–Kier alpha value is -1.68. The standard InChI is InChI=1S/C17H23NO3/c1-12-5-6-13(2)15(10-12)16(19)7-9-18-8-3-4-14(11-18)17(20)21/h5-6,10,14H,3-4,7-9,11H2,1-2H3,(H,20,21). The predicted octanol–water partition coefficient (Wildman–Crippen LogP) is 2.67. The molecule has 0 saturated carbocycles. The minimum Gasteiger partial charge on any atom is -0.481 e. The molecule has 0 bridgehead atoms. The first kappa shape index (κ1) is 15.7. The van der Waals surface area contributed by atoms with Crippen LogP contribution in [0.5, 0.6) is 0 Å². The number of carboxylic acids is 1. The van der Waals surface area contributed by atoms with Gasteiger partial charge in [0.1, 0.15) is 0 Å². The van der Waals surface area contributed by atoms with E-state index < -0.39 is 5.97 Å². The maximum atomic E-state index is 12.3. The molecule has 0 radical (unpaired) electrons. The average molecular weight is 289 g/mol. The van der Waals surface area contributed by atoms with Gasteiger partial charge in [-0.1, -0.05) is 17.7 Å². The molecule has 1 aliphatic rings. The van der Waals surface area contributed by atoms with Crippen LogP contribution in [0.2, 0.25) is 0 Å². The fourth-order valence-corrected chi connectivity index (χ4v) is 2.89. The van der Waals surface area contributed by atoms with E-state index in [-0.39, 0.29) is 11.7 Å². The number of aryl methyl sites for hydroxylation is 2. The largest absolute Gasteiger partial charge is 0.481 e. The van der Waals surface area contributed by atoms with Gasteiger partial charge in [-0.05, 0) is 44.9 Å². The second-order valence-corrected chi connectivity index (χ2v) is 5.97. The van der Waals surface area contributed by atoms with E-state index in [2.05, 4.69) is 4.90 Å². The van der Waals surface area contributed by atoms with Crippen LogP contribution in [0.4, 0.5) is 0 Å². The van der Waals surface area contributed by atoms with E-state index in [4.69, 9.17) is 5.11 Å². The zero-order chi connectivity index (χ0) is 15.4. The number of benzene rings is 1. The Bertz CT molecular complexity index is 539. The van der Waals surface area contributed by atoms with E-state index in [9.17, 15) is 9.59 Å². The van der Waals surface area contributed by atoms with Gasteiger partial charge in [-0.3, -0.25) is 9.59 Å². The van der Waals surface area contributed by atoms with Crippen molar-refractivity contribution in [1.29, 1.82) is 0 Å². The van der Waals surface area contributed by atoms with Crippen molar-refractivity contribution in [2.75, 3.05) is 19.6 Å². The SMILES string of the molecule is Cc1ccc(C)c(C(=O)CCN2CCCC(C(=O)O)C2)c1. The van der Waals surface area contributed by atoms with E-state index >= 15 is 0 Å². The summed E-state index contributed by atoms with van der Waals surface area (Å²) >= 11 is 0. The molecule has 1 unspecified atom stereocenters. The van der Waals surface area contributed by atoms with E-state index in [0.29, 0.717) is 19.5 Å². The van der Waals surface area contributed by atoms with Gasteiger partial charge in [0.2, 0.25) is 0 Å². The highest BCUT2D eigenvalue weighted by Gasteiger charge is 2.25.